The van der Waals surface area contributed by atoms with Crippen molar-refractivity contribution >= 4 is 0 Å². The highest BCUT2D eigenvalue weighted by Crippen LogP contribution is 2.37. The first kappa shape index (κ1) is 12.4. The van der Waals surface area contributed by atoms with Crippen LogP contribution in [0.15, 0.2) is 0 Å². The Hall–Kier alpha value is -0.0800. The van der Waals surface area contributed by atoms with Crippen molar-refractivity contribution < 1.29 is 0 Å². The van der Waals surface area contributed by atoms with Crippen LogP contribution in [0.4, 0.5) is 0 Å². The average Bonchev–Trinajstić information content (AvgIpc) is 2.83. The molecule has 0 radical (unpaired) electrons. The Kier molecular flexibility index (Phi) is 5.11. The third-order valence-electron chi connectivity index (χ3n) is 4.38. The van der Waals surface area contributed by atoms with Crippen LogP contribution in [0.2, 0.25) is 0 Å². The first-order valence-corrected chi connectivity index (χ1v) is 7.33. The molecule has 0 aromatic carbocycles. The summed E-state index contributed by atoms with van der Waals surface area (Å²) in [6.45, 7) is 8.70. The smallest absolute Gasteiger partial charge is 0.00129 e. The Morgan fingerprint density at radius 3 is 2.50 bits per heavy atom. The zero-order chi connectivity index (χ0) is 11.2. The van der Waals surface area contributed by atoms with Crippen LogP contribution in [0.3, 0.4) is 0 Å². The number of nitrogens with zero attached hydrogens (tertiary/aromatic N) is 1. The molecule has 2 nitrogen and oxygen atoms in total. The third-order valence-corrected chi connectivity index (χ3v) is 4.38. The molecule has 16 heavy (non-hydrogen) atoms. The first-order valence-electron chi connectivity index (χ1n) is 7.33. The molecule has 0 spiro atoms. The maximum Gasteiger partial charge on any atom is 0.00129 e. The summed E-state index contributed by atoms with van der Waals surface area (Å²) in [5, 5.41) is 3.40. The van der Waals surface area contributed by atoms with Crippen molar-refractivity contribution in [2.45, 2.75) is 45.4 Å². The fourth-order valence-corrected chi connectivity index (χ4v) is 3.45. The van der Waals surface area contributed by atoms with Crippen LogP contribution in [-0.4, -0.2) is 37.6 Å². The van der Waals surface area contributed by atoms with Gasteiger partial charge in [-0.05, 0) is 57.2 Å². The second-order valence-electron chi connectivity index (χ2n) is 5.62. The van der Waals surface area contributed by atoms with E-state index in [1.165, 1.54) is 64.7 Å². The van der Waals surface area contributed by atoms with Crippen LogP contribution >= 0.6 is 0 Å². The summed E-state index contributed by atoms with van der Waals surface area (Å²) in [6.07, 6.45) is 8.70. The van der Waals surface area contributed by atoms with E-state index >= 15 is 0 Å². The van der Waals surface area contributed by atoms with Gasteiger partial charge in [0.05, 0.1) is 0 Å². The molecule has 1 saturated carbocycles. The molecule has 2 fully saturated rings. The van der Waals surface area contributed by atoms with Crippen LogP contribution in [-0.2, 0) is 0 Å². The highest BCUT2D eigenvalue weighted by atomic mass is 15.2. The lowest BCUT2D eigenvalue weighted by molar-refractivity contribution is 0.302. The molecule has 2 atom stereocenters. The van der Waals surface area contributed by atoms with Crippen LogP contribution in [0.5, 0.6) is 0 Å². The summed E-state index contributed by atoms with van der Waals surface area (Å²) < 4.78 is 0. The van der Waals surface area contributed by atoms with E-state index in [9.17, 15) is 0 Å². The number of unbranched alkanes of at least 4 members (excludes halogenated alkanes) is 2. The average molecular weight is 224 g/mol. The summed E-state index contributed by atoms with van der Waals surface area (Å²) in [4.78, 5) is 2.72. The van der Waals surface area contributed by atoms with Gasteiger partial charge in [-0.15, -0.1) is 0 Å². The number of nitrogens with one attached hydrogen (secondary N) is 1. The number of rotatable bonds is 7. The van der Waals surface area contributed by atoms with E-state index in [1.807, 2.05) is 0 Å². The van der Waals surface area contributed by atoms with Gasteiger partial charge in [-0.1, -0.05) is 19.8 Å². The molecular weight excluding hydrogens is 196 g/mol. The Bertz CT molecular complexity index is 181. The minimum absolute atomic E-state index is 1.07. The maximum absolute atomic E-state index is 3.40. The molecule has 2 heteroatoms. The molecule has 0 aromatic heterocycles. The first-order chi connectivity index (χ1) is 7.90. The highest BCUT2D eigenvalue weighted by Gasteiger charge is 2.35. The van der Waals surface area contributed by atoms with Crippen LogP contribution in [0.1, 0.15) is 45.4 Å². The Morgan fingerprint density at radius 2 is 1.81 bits per heavy atom. The number of fused-ring (bicyclic) bond motifs is 1. The second kappa shape index (κ2) is 6.61. The second-order valence-corrected chi connectivity index (χ2v) is 5.62. The van der Waals surface area contributed by atoms with Gasteiger partial charge >= 0.3 is 0 Å². The monoisotopic (exact) mass is 224 g/mol. The van der Waals surface area contributed by atoms with Gasteiger partial charge in [0.25, 0.3) is 0 Å². The van der Waals surface area contributed by atoms with Gasteiger partial charge in [-0.25, -0.2) is 0 Å². The van der Waals surface area contributed by atoms with Crippen LogP contribution < -0.4 is 5.32 Å². The van der Waals surface area contributed by atoms with Crippen molar-refractivity contribution in [3.63, 3.8) is 0 Å². The fourth-order valence-electron chi connectivity index (χ4n) is 3.45. The summed E-state index contributed by atoms with van der Waals surface area (Å²) in [7, 11) is 0. The zero-order valence-electron chi connectivity index (χ0n) is 10.9. The van der Waals surface area contributed by atoms with Crippen molar-refractivity contribution in [1.82, 2.24) is 10.2 Å². The van der Waals surface area contributed by atoms with Crippen molar-refractivity contribution in [1.29, 1.82) is 0 Å². The van der Waals surface area contributed by atoms with Gasteiger partial charge in [0.2, 0.25) is 0 Å². The van der Waals surface area contributed by atoms with E-state index in [4.69, 9.17) is 0 Å². The molecule has 1 aliphatic heterocycles. The van der Waals surface area contributed by atoms with Gasteiger partial charge < -0.3 is 10.2 Å². The molecule has 1 N–H and O–H groups in total. The Morgan fingerprint density at radius 1 is 1.06 bits per heavy atom. The molecule has 2 aliphatic rings. The third kappa shape index (κ3) is 3.46. The van der Waals surface area contributed by atoms with Crippen molar-refractivity contribution in [3.8, 4) is 0 Å². The summed E-state index contributed by atoms with van der Waals surface area (Å²) in [6, 6.07) is 0. The predicted octanol–water partition coefficient (Wildman–Crippen LogP) is 2.50. The van der Waals surface area contributed by atoms with Crippen molar-refractivity contribution in [2.24, 2.45) is 11.8 Å². The Balaban J connectivity index is 1.48. The van der Waals surface area contributed by atoms with Crippen LogP contribution in [0.25, 0.3) is 0 Å². The largest absolute Gasteiger partial charge is 0.317 e. The van der Waals surface area contributed by atoms with E-state index in [1.54, 1.807) is 0 Å². The van der Waals surface area contributed by atoms with Gasteiger partial charge in [0.15, 0.2) is 0 Å². The van der Waals surface area contributed by atoms with E-state index in [0.29, 0.717) is 0 Å². The van der Waals surface area contributed by atoms with E-state index < -0.39 is 0 Å². The minimum Gasteiger partial charge on any atom is -0.317 e. The summed E-state index contributed by atoms with van der Waals surface area (Å²) in [5.41, 5.74) is 0. The quantitative estimate of drug-likeness (QED) is 0.668. The summed E-state index contributed by atoms with van der Waals surface area (Å²) in [5.74, 6) is 2.14. The van der Waals surface area contributed by atoms with Gasteiger partial charge in [0, 0.05) is 13.1 Å². The minimum atomic E-state index is 1.07. The van der Waals surface area contributed by atoms with E-state index in [0.717, 1.165) is 18.4 Å². The summed E-state index contributed by atoms with van der Waals surface area (Å²) >= 11 is 0. The molecule has 94 valence electrons. The molecule has 0 bridgehead atoms. The zero-order valence-corrected chi connectivity index (χ0v) is 10.9. The molecule has 0 aromatic rings. The van der Waals surface area contributed by atoms with Gasteiger partial charge in [-0.2, -0.15) is 0 Å². The number of hydrogen-bond donors (Lipinski definition) is 1. The lowest BCUT2D eigenvalue weighted by Gasteiger charge is -2.16. The van der Waals surface area contributed by atoms with Crippen molar-refractivity contribution in [3.05, 3.63) is 0 Å². The number of likely N-dealkylation sites (tertiary alicyclic amines) is 1. The fraction of sp³-hybridized carbons (Fsp3) is 1.00. The highest BCUT2D eigenvalue weighted by molar-refractivity contribution is 4.88. The lowest BCUT2D eigenvalue weighted by Crippen LogP contribution is -2.23. The maximum atomic E-state index is 3.40. The number of hydrogen-bond acceptors (Lipinski definition) is 2. The normalized spacial score (nSPS) is 29.8. The molecule has 2 rings (SSSR count). The molecule has 0 amide bonds. The molecule has 2 unspecified atom stereocenters. The predicted molar refractivity (Wildman–Crippen MR) is 69.7 cm³/mol. The SMILES string of the molecule is CCNCCCCCN1CC2CCCC2C1. The molecule has 1 saturated heterocycles. The Labute approximate surface area is 101 Å². The van der Waals surface area contributed by atoms with Gasteiger partial charge in [0.1, 0.15) is 0 Å². The molecule has 1 aliphatic carbocycles. The lowest BCUT2D eigenvalue weighted by atomic mass is 10.0. The standard InChI is InChI=1S/C14H28N2/c1-2-15-9-4-3-5-10-16-11-13-7-6-8-14(13)12-16/h13-15H,2-12H2,1H3. The van der Waals surface area contributed by atoms with Crippen molar-refractivity contribution in [2.75, 3.05) is 32.7 Å². The molecular formula is C14H28N2. The van der Waals surface area contributed by atoms with Gasteiger partial charge in [-0.3, -0.25) is 0 Å². The van der Waals surface area contributed by atoms with E-state index in [2.05, 4.69) is 17.1 Å². The van der Waals surface area contributed by atoms with E-state index in [-0.39, 0.29) is 0 Å². The molecule has 1 heterocycles. The topological polar surface area (TPSA) is 15.3 Å². The van der Waals surface area contributed by atoms with Crippen LogP contribution in [0, 0.1) is 11.8 Å².